The first kappa shape index (κ1) is 14.5. The summed E-state index contributed by atoms with van der Waals surface area (Å²) < 4.78 is 0. The van der Waals surface area contributed by atoms with Gasteiger partial charge in [0, 0.05) is 23.1 Å². The molecule has 4 nitrogen and oxygen atoms in total. The summed E-state index contributed by atoms with van der Waals surface area (Å²) >= 11 is 1.61. The van der Waals surface area contributed by atoms with Crippen LogP contribution in [0.15, 0.2) is 46.9 Å². The third-order valence-electron chi connectivity index (χ3n) is 4.40. The van der Waals surface area contributed by atoms with E-state index < -0.39 is 0 Å². The van der Waals surface area contributed by atoms with Gasteiger partial charge >= 0.3 is 0 Å². The van der Waals surface area contributed by atoms with E-state index in [9.17, 15) is 0 Å². The maximum Gasteiger partial charge on any atom is 0.141 e. The molecule has 0 unspecified atom stereocenters. The zero-order valence-electron chi connectivity index (χ0n) is 12.9. The monoisotopic (exact) mass is 324 g/mol. The van der Waals surface area contributed by atoms with Crippen LogP contribution in [-0.4, -0.2) is 23.4 Å². The van der Waals surface area contributed by atoms with Crippen molar-refractivity contribution in [1.29, 1.82) is 0 Å². The van der Waals surface area contributed by atoms with E-state index in [0.29, 0.717) is 11.9 Å². The normalized spacial score (nSPS) is 18.8. The van der Waals surface area contributed by atoms with Crippen LogP contribution >= 0.6 is 11.3 Å². The van der Waals surface area contributed by atoms with Gasteiger partial charge < -0.3 is 16.0 Å². The molecule has 0 amide bonds. The molecule has 0 aliphatic carbocycles. The topological polar surface area (TPSA) is 66.2 Å². The van der Waals surface area contributed by atoms with E-state index in [1.54, 1.807) is 11.3 Å². The van der Waals surface area contributed by atoms with Crippen LogP contribution in [0.3, 0.4) is 0 Å². The van der Waals surface area contributed by atoms with Gasteiger partial charge in [-0.1, -0.05) is 6.07 Å². The summed E-state index contributed by atoms with van der Waals surface area (Å²) in [6.45, 7) is 1.14. The van der Waals surface area contributed by atoms with Gasteiger partial charge in [0.05, 0.1) is 10.6 Å². The van der Waals surface area contributed by atoms with Crippen LogP contribution in [0.5, 0.6) is 0 Å². The highest BCUT2D eigenvalue weighted by molar-refractivity contribution is 7.12. The Morgan fingerprint density at radius 3 is 3.09 bits per heavy atom. The molecule has 1 aromatic carbocycles. The summed E-state index contributed by atoms with van der Waals surface area (Å²) in [5, 5.41) is 6.83. The average Bonchev–Trinajstić information content (AvgIpc) is 3.29. The van der Waals surface area contributed by atoms with E-state index in [4.69, 9.17) is 5.73 Å². The van der Waals surface area contributed by atoms with Crippen molar-refractivity contribution in [3.63, 3.8) is 0 Å². The molecular weight excluding hydrogens is 304 g/mol. The summed E-state index contributed by atoms with van der Waals surface area (Å²) in [6, 6.07) is 10.8. The highest BCUT2D eigenvalue weighted by Crippen LogP contribution is 2.26. The molecule has 0 saturated carbocycles. The molecule has 3 aromatic rings. The third-order valence-corrected chi connectivity index (χ3v) is 5.30. The number of H-pyrrole nitrogens is 1. The summed E-state index contributed by atoms with van der Waals surface area (Å²) in [5.74, 6) is 0.578. The van der Waals surface area contributed by atoms with Gasteiger partial charge in [-0.2, -0.15) is 0 Å². The maximum absolute atomic E-state index is 6.10. The fraction of sp³-hybridized carbons (Fsp3) is 0.278. The number of aliphatic imine (C=N–C) groups is 1. The largest absolute Gasteiger partial charge is 0.383 e. The summed E-state index contributed by atoms with van der Waals surface area (Å²) in [7, 11) is 0. The van der Waals surface area contributed by atoms with Gasteiger partial charge in [-0.25, -0.2) is 4.99 Å². The molecule has 4 rings (SSSR count). The highest BCUT2D eigenvalue weighted by atomic mass is 32.1. The van der Waals surface area contributed by atoms with Gasteiger partial charge in [-0.3, -0.25) is 0 Å². The van der Waals surface area contributed by atoms with Crippen LogP contribution in [0.2, 0.25) is 0 Å². The van der Waals surface area contributed by atoms with Gasteiger partial charge in [0.1, 0.15) is 5.84 Å². The number of hydrogen-bond acceptors (Lipinski definition) is 3. The fourth-order valence-corrected chi connectivity index (χ4v) is 3.85. The lowest BCUT2D eigenvalue weighted by Crippen LogP contribution is -2.23. The smallest absolute Gasteiger partial charge is 0.141 e. The van der Waals surface area contributed by atoms with Gasteiger partial charge in [-0.15, -0.1) is 11.3 Å². The lowest BCUT2D eigenvalue weighted by molar-refractivity contribution is 0.605. The number of rotatable bonds is 4. The Morgan fingerprint density at radius 1 is 1.35 bits per heavy atom. The van der Waals surface area contributed by atoms with Crippen molar-refractivity contribution in [3.8, 4) is 0 Å². The number of thiophene rings is 1. The molecule has 1 aliphatic heterocycles. The summed E-state index contributed by atoms with van der Waals surface area (Å²) in [4.78, 5) is 8.95. The average molecular weight is 324 g/mol. The Morgan fingerprint density at radius 2 is 2.30 bits per heavy atom. The van der Waals surface area contributed by atoms with Crippen LogP contribution in [0.4, 0.5) is 5.69 Å². The molecule has 118 valence electrons. The minimum absolute atomic E-state index is 0.578. The number of aromatic nitrogens is 1. The van der Waals surface area contributed by atoms with Crippen molar-refractivity contribution in [2.45, 2.75) is 25.3 Å². The number of fused-ring (bicyclic) bond motifs is 1. The number of nitrogens with one attached hydrogen (secondary N) is 2. The number of nitrogens with two attached hydrogens (primary N) is 1. The lowest BCUT2D eigenvalue weighted by Gasteiger charge is -2.09. The number of amidine groups is 1. The number of hydrogen-bond donors (Lipinski definition) is 3. The fourth-order valence-electron chi connectivity index (χ4n) is 3.22. The summed E-state index contributed by atoms with van der Waals surface area (Å²) in [5.41, 5.74) is 9.52. The van der Waals surface area contributed by atoms with Crippen molar-refractivity contribution in [1.82, 2.24) is 10.3 Å². The number of benzene rings is 1. The van der Waals surface area contributed by atoms with E-state index in [1.807, 2.05) is 23.6 Å². The van der Waals surface area contributed by atoms with Gasteiger partial charge in [-0.05, 0) is 61.0 Å². The first-order valence-corrected chi connectivity index (χ1v) is 8.89. The molecule has 0 spiro atoms. The van der Waals surface area contributed by atoms with Gasteiger partial charge in [0.2, 0.25) is 0 Å². The van der Waals surface area contributed by atoms with Crippen LogP contribution < -0.4 is 11.1 Å². The zero-order chi connectivity index (χ0) is 15.6. The van der Waals surface area contributed by atoms with E-state index in [1.165, 1.54) is 23.8 Å². The molecule has 1 aliphatic rings. The Kier molecular flexibility index (Phi) is 3.89. The van der Waals surface area contributed by atoms with Crippen LogP contribution in [0.1, 0.15) is 23.3 Å². The van der Waals surface area contributed by atoms with Crippen molar-refractivity contribution in [3.05, 3.63) is 52.3 Å². The van der Waals surface area contributed by atoms with Crippen LogP contribution in [0.25, 0.3) is 10.9 Å². The van der Waals surface area contributed by atoms with Crippen molar-refractivity contribution >= 4 is 33.8 Å². The quantitative estimate of drug-likeness (QED) is 0.507. The lowest BCUT2D eigenvalue weighted by atomic mass is 10.0. The SMILES string of the molecule is NC(=Nc1ccc2[nH]cc(C[C@H]3CCCN3)c2c1)c1cccs1. The van der Waals surface area contributed by atoms with Gasteiger partial charge in [0.25, 0.3) is 0 Å². The Hall–Kier alpha value is -2.11. The predicted molar refractivity (Wildman–Crippen MR) is 97.7 cm³/mol. The van der Waals surface area contributed by atoms with Crippen LogP contribution in [-0.2, 0) is 6.42 Å². The second kappa shape index (κ2) is 6.18. The molecule has 4 N–H and O–H groups in total. The predicted octanol–water partition coefficient (Wildman–Crippen LogP) is 3.56. The van der Waals surface area contributed by atoms with E-state index in [2.05, 4.69) is 33.6 Å². The van der Waals surface area contributed by atoms with Crippen LogP contribution in [0, 0.1) is 0 Å². The third kappa shape index (κ3) is 3.02. The molecule has 2 aromatic heterocycles. The minimum atomic E-state index is 0.578. The first-order chi connectivity index (χ1) is 11.3. The molecule has 5 heteroatoms. The molecule has 0 radical (unpaired) electrons. The molecule has 1 fully saturated rings. The molecule has 3 heterocycles. The molecule has 0 bridgehead atoms. The minimum Gasteiger partial charge on any atom is -0.383 e. The molecule has 1 atom stereocenters. The molecular formula is C18H20N4S. The molecule has 23 heavy (non-hydrogen) atoms. The summed E-state index contributed by atoms with van der Waals surface area (Å²) in [6.07, 6.45) is 5.73. The van der Waals surface area contributed by atoms with Crippen molar-refractivity contribution < 1.29 is 0 Å². The number of nitrogens with zero attached hydrogens (tertiary/aromatic N) is 1. The number of aromatic amines is 1. The maximum atomic E-state index is 6.10. The van der Waals surface area contributed by atoms with Crippen molar-refractivity contribution in [2.75, 3.05) is 6.54 Å². The highest BCUT2D eigenvalue weighted by Gasteiger charge is 2.16. The second-order valence-electron chi connectivity index (χ2n) is 6.02. The standard InChI is InChI=1S/C18H20N4S/c19-18(17-4-2-8-23-17)22-14-5-6-16-15(10-14)12(11-21-16)9-13-3-1-7-20-13/h2,4-6,8,10-11,13,20-21H,1,3,7,9H2,(H2,19,22)/t13-/m1/s1. The second-order valence-corrected chi connectivity index (χ2v) is 6.96. The molecule has 1 saturated heterocycles. The van der Waals surface area contributed by atoms with E-state index >= 15 is 0 Å². The van der Waals surface area contributed by atoms with Gasteiger partial charge in [0.15, 0.2) is 0 Å². The Labute approximate surface area is 139 Å². The first-order valence-electron chi connectivity index (χ1n) is 8.01. The van der Waals surface area contributed by atoms with E-state index in [0.717, 1.165) is 29.0 Å². The Bertz CT molecular complexity index is 826. The zero-order valence-corrected chi connectivity index (χ0v) is 13.7. The Balaban J connectivity index is 1.65. The van der Waals surface area contributed by atoms with E-state index in [-0.39, 0.29) is 0 Å². The van der Waals surface area contributed by atoms with Crippen molar-refractivity contribution in [2.24, 2.45) is 10.7 Å².